The standard InChI is InChI=1S/C30H25BFNO/c1-29-16-15-19(32)17-30(29,2)33-24-11-6-12-25-26(24)31(22-10-5-9-21(29)27(22)33)23-14-13-18-7-3-4-8-20(18)28(23)34-25/h3-14,19H,15-17H2,1-2H3/t19?,29-,30?/m0/s1. The largest absolute Gasteiger partial charge is 0.458 e. The first-order valence-corrected chi connectivity index (χ1v) is 12.4. The molecule has 1 aliphatic carbocycles. The van der Waals surface area contributed by atoms with Crippen molar-refractivity contribution in [2.75, 3.05) is 4.90 Å². The average Bonchev–Trinajstić information content (AvgIpc) is 3.06. The van der Waals surface area contributed by atoms with Gasteiger partial charge in [-0.2, -0.15) is 0 Å². The summed E-state index contributed by atoms with van der Waals surface area (Å²) >= 11 is 0. The van der Waals surface area contributed by atoms with Crippen LogP contribution < -0.4 is 26.0 Å². The Hall–Kier alpha value is -3.27. The summed E-state index contributed by atoms with van der Waals surface area (Å²) in [5.74, 6) is 1.89. The fraction of sp³-hybridized carbons (Fsp3) is 0.267. The smallest absolute Gasteiger partial charge is 0.256 e. The molecule has 3 aliphatic heterocycles. The molecule has 166 valence electrons. The van der Waals surface area contributed by atoms with Gasteiger partial charge in [-0.05, 0) is 59.2 Å². The van der Waals surface area contributed by atoms with Gasteiger partial charge < -0.3 is 9.64 Å². The molecule has 0 saturated heterocycles. The molecule has 0 radical (unpaired) electrons. The van der Waals surface area contributed by atoms with Crippen molar-refractivity contribution in [3.63, 3.8) is 0 Å². The van der Waals surface area contributed by atoms with E-state index in [2.05, 4.69) is 91.5 Å². The van der Waals surface area contributed by atoms with E-state index in [1.54, 1.807) is 0 Å². The minimum atomic E-state index is -0.767. The number of benzene rings is 4. The molecule has 0 amide bonds. The molecule has 4 heteroatoms. The van der Waals surface area contributed by atoms with Gasteiger partial charge in [0, 0.05) is 28.6 Å². The number of anilines is 2. The molecular weight excluding hydrogens is 420 g/mol. The summed E-state index contributed by atoms with van der Waals surface area (Å²) in [6.45, 7) is 4.76. The van der Waals surface area contributed by atoms with Gasteiger partial charge in [-0.1, -0.05) is 67.6 Å². The molecular formula is C30H25BFNO. The van der Waals surface area contributed by atoms with E-state index in [0.717, 1.165) is 23.3 Å². The van der Waals surface area contributed by atoms with Gasteiger partial charge in [-0.25, -0.2) is 4.39 Å². The summed E-state index contributed by atoms with van der Waals surface area (Å²) in [6, 6.07) is 26.2. The number of alkyl halides is 1. The Labute approximate surface area is 199 Å². The van der Waals surface area contributed by atoms with Crippen LogP contribution in [0.2, 0.25) is 0 Å². The first kappa shape index (κ1) is 19.1. The van der Waals surface area contributed by atoms with Crippen LogP contribution in [0.5, 0.6) is 11.5 Å². The first-order valence-electron chi connectivity index (χ1n) is 12.4. The van der Waals surface area contributed by atoms with Crippen LogP contribution in [0.3, 0.4) is 0 Å². The first-order chi connectivity index (χ1) is 16.5. The van der Waals surface area contributed by atoms with Gasteiger partial charge in [0.05, 0.1) is 5.54 Å². The molecule has 0 N–H and O–H groups in total. The van der Waals surface area contributed by atoms with Crippen molar-refractivity contribution in [2.24, 2.45) is 0 Å². The van der Waals surface area contributed by atoms with Crippen LogP contribution in [0.25, 0.3) is 10.8 Å². The number of hydrogen-bond acceptors (Lipinski definition) is 2. The van der Waals surface area contributed by atoms with Crippen LogP contribution in [0.4, 0.5) is 15.8 Å². The predicted octanol–water partition coefficient (Wildman–Crippen LogP) is 5.47. The lowest BCUT2D eigenvalue weighted by Gasteiger charge is -2.52. The molecule has 0 spiro atoms. The molecule has 8 rings (SSSR count). The summed E-state index contributed by atoms with van der Waals surface area (Å²) in [6.07, 6.45) is 1.29. The van der Waals surface area contributed by atoms with Crippen LogP contribution in [-0.4, -0.2) is 18.4 Å². The molecule has 4 aromatic rings. The zero-order valence-electron chi connectivity index (χ0n) is 19.4. The number of hydrogen-bond donors (Lipinski definition) is 0. The Balaban J connectivity index is 1.48. The molecule has 3 atom stereocenters. The Morgan fingerprint density at radius 3 is 2.71 bits per heavy atom. The maximum absolute atomic E-state index is 15.0. The van der Waals surface area contributed by atoms with Crippen LogP contribution in [0.1, 0.15) is 38.7 Å². The molecule has 1 fully saturated rings. The Bertz CT molecular complexity index is 1550. The third-order valence-electron chi connectivity index (χ3n) is 9.46. The number of ether oxygens (including phenoxy) is 1. The summed E-state index contributed by atoms with van der Waals surface area (Å²) in [7, 11) is 0. The van der Waals surface area contributed by atoms with Crippen LogP contribution in [0.15, 0.2) is 72.8 Å². The highest BCUT2D eigenvalue weighted by molar-refractivity contribution is 6.99. The highest BCUT2D eigenvalue weighted by atomic mass is 19.1. The van der Waals surface area contributed by atoms with E-state index in [1.165, 1.54) is 38.7 Å². The summed E-state index contributed by atoms with van der Waals surface area (Å²) in [4.78, 5) is 2.49. The van der Waals surface area contributed by atoms with Gasteiger partial charge in [-0.15, -0.1) is 0 Å². The molecule has 2 nitrogen and oxygen atoms in total. The topological polar surface area (TPSA) is 12.5 Å². The number of fused-ring (bicyclic) bond motifs is 9. The Kier molecular flexibility index (Phi) is 3.39. The summed E-state index contributed by atoms with van der Waals surface area (Å²) < 4.78 is 21.7. The predicted molar refractivity (Wildman–Crippen MR) is 138 cm³/mol. The van der Waals surface area contributed by atoms with Crippen LogP contribution in [0, 0.1) is 0 Å². The fourth-order valence-corrected chi connectivity index (χ4v) is 7.65. The number of halogens is 1. The molecule has 3 heterocycles. The molecule has 2 unspecified atom stereocenters. The lowest BCUT2D eigenvalue weighted by atomic mass is 9.34. The van der Waals surface area contributed by atoms with Crippen molar-refractivity contribution in [3.05, 3.63) is 78.4 Å². The second-order valence-corrected chi connectivity index (χ2v) is 11.0. The van der Waals surface area contributed by atoms with Crippen molar-refractivity contribution in [3.8, 4) is 11.5 Å². The van der Waals surface area contributed by atoms with E-state index < -0.39 is 6.17 Å². The number of nitrogens with zero attached hydrogens (tertiary/aromatic N) is 1. The van der Waals surface area contributed by atoms with Crippen molar-refractivity contribution < 1.29 is 9.13 Å². The van der Waals surface area contributed by atoms with Gasteiger partial charge in [0.25, 0.3) is 6.71 Å². The highest BCUT2D eigenvalue weighted by Crippen LogP contribution is 2.61. The van der Waals surface area contributed by atoms with E-state index in [4.69, 9.17) is 4.74 Å². The van der Waals surface area contributed by atoms with Crippen LogP contribution in [-0.2, 0) is 5.41 Å². The van der Waals surface area contributed by atoms with Gasteiger partial charge in [-0.3, -0.25) is 0 Å². The minimum Gasteiger partial charge on any atom is -0.458 e. The van der Waals surface area contributed by atoms with Gasteiger partial charge in [0.2, 0.25) is 0 Å². The molecule has 0 aromatic heterocycles. The van der Waals surface area contributed by atoms with E-state index in [0.29, 0.717) is 12.8 Å². The molecule has 0 bridgehead atoms. The van der Waals surface area contributed by atoms with Gasteiger partial charge in [0.15, 0.2) is 0 Å². The molecule has 34 heavy (non-hydrogen) atoms. The third-order valence-corrected chi connectivity index (χ3v) is 9.46. The number of para-hydroxylation sites is 1. The zero-order chi connectivity index (χ0) is 22.8. The molecule has 4 aromatic carbocycles. The summed E-state index contributed by atoms with van der Waals surface area (Å²) in [5.41, 5.74) is 7.23. The van der Waals surface area contributed by atoms with Crippen molar-refractivity contribution in [2.45, 2.75) is 50.2 Å². The van der Waals surface area contributed by atoms with Gasteiger partial charge >= 0.3 is 0 Å². The fourth-order valence-electron chi connectivity index (χ4n) is 7.65. The SMILES string of the molecule is CC12CC(F)CC[C@@]1(C)c1cccc3c1N2c1cccc2c1B3c1ccc3ccccc3c1O2. The number of rotatable bonds is 0. The van der Waals surface area contributed by atoms with E-state index in [-0.39, 0.29) is 17.7 Å². The highest BCUT2D eigenvalue weighted by Gasteiger charge is 2.62. The Morgan fingerprint density at radius 2 is 1.79 bits per heavy atom. The lowest BCUT2D eigenvalue weighted by molar-refractivity contribution is 0.115. The average molecular weight is 445 g/mol. The van der Waals surface area contributed by atoms with Crippen molar-refractivity contribution >= 4 is 45.2 Å². The van der Waals surface area contributed by atoms with E-state index >= 15 is 0 Å². The second kappa shape index (κ2) is 6.04. The van der Waals surface area contributed by atoms with Gasteiger partial charge in [0.1, 0.15) is 17.7 Å². The molecule has 4 aliphatic rings. The van der Waals surface area contributed by atoms with E-state index in [9.17, 15) is 4.39 Å². The van der Waals surface area contributed by atoms with E-state index in [1.807, 2.05) is 0 Å². The second-order valence-electron chi connectivity index (χ2n) is 11.0. The maximum Gasteiger partial charge on any atom is 0.256 e. The summed E-state index contributed by atoms with van der Waals surface area (Å²) in [5, 5.41) is 2.34. The minimum absolute atomic E-state index is 0.0930. The monoisotopic (exact) mass is 445 g/mol. The maximum atomic E-state index is 15.0. The lowest BCUT2D eigenvalue weighted by Crippen LogP contribution is -2.64. The van der Waals surface area contributed by atoms with Crippen molar-refractivity contribution in [1.29, 1.82) is 0 Å². The van der Waals surface area contributed by atoms with Crippen molar-refractivity contribution in [1.82, 2.24) is 0 Å². The molecule has 1 saturated carbocycles. The Morgan fingerprint density at radius 1 is 0.941 bits per heavy atom. The third kappa shape index (κ3) is 2.02. The normalized spacial score (nSPS) is 27.6. The quantitative estimate of drug-likeness (QED) is 0.294. The zero-order valence-corrected chi connectivity index (χ0v) is 19.4. The van der Waals surface area contributed by atoms with Crippen LogP contribution >= 0.6 is 0 Å².